The van der Waals surface area contributed by atoms with E-state index in [2.05, 4.69) is 10.1 Å². The van der Waals surface area contributed by atoms with E-state index >= 15 is 0 Å². The van der Waals surface area contributed by atoms with Crippen LogP contribution in [0.4, 0.5) is 4.79 Å². The molecule has 0 spiro atoms. The predicted molar refractivity (Wildman–Crippen MR) is 134 cm³/mol. The zero-order valence-corrected chi connectivity index (χ0v) is 22.6. The first kappa shape index (κ1) is 31.9. The molecule has 1 aromatic carbocycles. The number of amides is 1. The number of nitrogens with zero attached hydrogens (tertiary/aromatic N) is 1. The number of alkyl carbamates (subject to hydrolysis) is 1. The van der Waals surface area contributed by atoms with Crippen LogP contribution in [0.15, 0.2) is 24.3 Å². The van der Waals surface area contributed by atoms with Crippen LogP contribution >= 0.6 is 0 Å². The highest BCUT2D eigenvalue weighted by Crippen LogP contribution is 2.26. The fraction of sp³-hybridized carbons (Fsp3) is 0.538. The van der Waals surface area contributed by atoms with Gasteiger partial charge in [0.1, 0.15) is 31.1 Å². The van der Waals surface area contributed by atoms with Crippen molar-refractivity contribution in [3.63, 3.8) is 0 Å². The van der Waals surface area contributed by atoms with Crippen molar-refractivity contribution < 1.29 is 57.2 Å². The molecule has 14 heteroatoms. The molecular weight excluding hydrogens is 530 g/mol. The number of benzene rings is 1. The minimum absolute atomic E-state index is 0.00192. The second kappa shape index (κ2) is 16.6. The van der Waals surface area contributed by atoms with Crippen LogP contribution in [0.25, 0.3) is 0 Å². The number of hydrogen-bond acceptors (Lipinski definition) is 12. The normalized spacial score (nSPS) is 18.7. The molecule has 0 aromatic heterocycles. The van der Waals surface area contributed by atoms with Gasteiger partial charge in [0.15, 0.2) is 0 Å². The second-order valence-electron chi connectivity index (χ2n) is 8.74. The summed E-state index contributed by atoms with van der Waals surface area (Å²) in [4.78, 5) is 61.5. The van der Waals surface area contributed by atoms with Crippen LogP contribution in [-0.4, -0.2) is 78.5 Å². The lowest BCUT2D eigenvalue weighted by molar-refractivity contribution is -0.201. The molecule has 0 unspecified atom stereocenters. The molecule has 1 aromatic rings. The summed E-state index contributed by atoms with van der Waals surface area (Å²) in [6.45, 7) is 4.17. The van der Waals surface area contributed by atoms with Crippen LogP contribution in [0.5, 0.6) is 5.75 Å². The first-order valence-electron chi connectivity index (χ1n) is 12.6. The summed E-state index contributed by atoms with van der Waals surface area (Å²) in [5.74, 6) is -1.64. The molecule has 2 rings (SSSR count). The number of carbonyl (C=O) groups is 5. The molecular formula is C26H34N3O11+. The number of hydrogen-bond donors (Lipinski definition) is 2. The molecule has 0 bridgehead atoms. The van der Waals surface area contributed by atoms with Gasteiger partial charge in [-0.15, -0.1) is 0 Å². The standard InChI is InChI=1S/C26H33N3O11/c1-4-35-25(33)23(10-7-19(32)13-28-27)29-26(34)37-14-18-5-8-20(9-6-18)39-24-12-21(38-17(3)31)11-22(40-24)15-36-16(2)30/h5-6,8-9,13,21-24,27H,4,7,10-12,14-15H2,1-3H3/p+1/t21-,22-,23-,24+/m0/s1. The fourth-order valence-electron chi connectivity index (χ4n) is 3.72. The molecule has 2 N–H and O–H groups in total. The molecule has 1 aliphatic rings. The first-order chi connectivity index (χ1) is 19.1. The fourth-order valence-corrected chi connectivity index (χ4v) is 3.72. The van der Waals surface area contributed by atoms with Crippen LogP contribution in [0, 0.1) is 5.53 Å². The van der Waals surface area contributed by atoms with Crippen molar-refractivity contribution in [2.45, 2.75) is 77.6 Å². The number of esters is 3. The molecule has 1 saturated heterocycles. The van der Waals surface area contributed by atoms with E-state index in [0.717, 1.165) is 6.21 Å². The van der Waals surface area contributed by atoms with Gasteiger partial charge >= 0.3 is 30.2 Å². The molecule has 1 amide bonds. The van der Waals surface area contributed by atoms with Crippen molar-refractivity contribution >= 4 is 36.0 Å². The van der Waals surface area contributed by atoms with Crippen molar-refractivity contribution in [3.8, 4) is 5.75 Å². The maximum absolute atomic E-state index is 12.3. The Hall–Kier alpha value is -4.29. The SMILES string of the molecule is CCOC(=O)[C@H](CCC(=O)C=[N+]=N)NC(=O)OCc1ccc(O[C@H]2C[C@@H](OC(C)=O)C[C@@H](COC(C)=O)O2)cc1. The van der Waals surface area contributed by atoms with Gasteiger partial charge in [-0.1, -0.05) is 12.1 Å². The number of rotatable bonds is 14. The Balaban J connectivity index is 1.90. The Labute approximate surface area is 230 Å². The topological polar surface area (TPSA) is 191 Å². The lowest BCUT2D eigenvalue weighted by Crippen LogP contribution is -2.42. The Bertz CT molecular complexity index is 1090. The van der Waals surface area contributed by atoms with Crippen molar-refractivity contribution in [3.05, 3.63) is 29.8 Å². The number of Topliss-reactive ketones (excluding diaryl/α,β-unsaturated/α-hetero) is 1. The summed E-state index contributed by atoms with van der Waals surface area (Å²) in [5.41, 5.74) is 7.30. The number of ketones is 1. The first-order valence-corrected chi connectivity index (χ1v) is 12.6. The van der Waals surface area contributed by atoms with E-state index in [-0.39, 0.29) is 39.1 Å². The van der Waals surface area contributed by atoms with Crippen LogP contribution in [0.2, 0.25) is 0 Å². The van der Waals surface area contributed by atoms with E-state index in [0.29, 0.717) is 17.7 Å². The Morgan fingerprint density at radius 1 is 1.07 bits per heavy atom. The summed E-state index contributed by atoms with van der Waals surface area (Å²) >= 11 is 0. The highest BCUT2D eigenvalue weighted by Gasteiger charge is 2.33. The van der Waals surface area contributed by atoms with Crippen LogP contribution in [0.3, 0.4) is 0 Å². The Kier molecular flexibility index (Phi) is 13.3. The van der Waals surface area contributed by atoms with Gasteiger partial charge in [-0.3, -0.25) is 14.4 Å². The third kappa shape index (κ3) is 12.0. The van der Waals surface area contributed by atoms with E-state index in [1.807, 2.05) is 0 Å². The van der Waals surface area contributed by atoms with E-state index < -0.39 is 54.3 Å². The monoisotopic (exact) mass is 564 g/mol. The minimum Gasteiger partial charge on any atom is -0.465 e. The van der Waals surface area contributed by atoms with Crippen LogP contribution < -0.4 is 10.1 Å². The molecule has 0 aliphatic carbocycles. The van der Waals surface area contributed by atoms with Gasteiger partial charge in [-0.05, 0) is 31.0 Å². The van der Waals surface area contributed by atoms with E-state index in [9.17, 15) is 24.0 Å². The molecule has 1 fully saturated rings. The molecule has 0 saturated carbocycles. The number of ether oxygens (including phenoxy) is 6. The summed E-state index contributed by atoms with van der Waals surface area (Å²) in [6, 6.07) is 5.48. The van der Waals surface area contributed by atoms with Gasteiger partial charge in [0.2, 0.25) is 12.1 Å². The van der Waals surface area contributed by atoms with Crippen molar-refractivity contribution in [1.29, 1.82) is 5.53 Å². The summed E-state index contributed by atoms with van der Waals surface area (Å²) in [5, 5.41) is 2.39. The third-order valence-electron chi connectivity index (χ3n) is 5.44. The molecule has 14 nitrogen and oxygen atoms in total. The number of carbonyl (C=O) groups excluding carboxylic acids is 5. The van der Waals surface area contributed by atoms with Gasteiger partial charge in [-0.25, -0.2) is 9.59 Å². The zero-order chi connectivity index (χ0) is 29.5. The smallest absolute Gasteiger partial charge is 0.408 e. The molecule has 0 radical (unpaired) electrons. The van der Waals surface area contributed by atoms with Crippen LogP contribution in [-0.2, 0) is 49.5 Å². The van der Waals surface area contributed by atoms with Gasteiger partial charge in [0.05, 0.1) is 23.0 Å². The quantitative estimate of drug-likeness (QED) is 0.110. The Morgan fingerprint density at radius 3 is 2.42 bits per heavy atom. The molecule has 40 heavy (non-hydrogen) atoms. The summed E-state index contributed by atoms with van der Waals surface area (Å²) in [6.07, 6.45) is -1.34. The lowest BCUT2D eigenvalue weighted by Gasteiger charge is -2.34. The van der Waals surface area contributed by atoms with Gasteiger partial charge in [-0.2, -0.15) is 0 Å². The molecule has 1 heterocycles. The lowest BCUT2D eigenvalue weighted by atomic mass is 10.1. The largest absolute Gasteiger partial charge is 0.465 e. The third-order valence-corrected chi connectivity index (χ3v) is 5.44. The van der Waals surface area contributed by atoms with Crippen molar-refractivity contribution in [1.82, 2.24) is 5.32 Å². The van der Waals surface area contributed by atoms with E-state index in [1.165, 1.54) is 13.8 Å². The maximum atomic E-state index is 12.3. The second-order valence-corrected chi connectivity index (χ2v) is 8.74. The van der Waals surface area contributed by atoms with Crippen molar-refractivity contribution in [2.75, 3.05) is 13.2 Å². The molecule has 218 valence electrons. The van der Waals surface area contributed by atoms with E-state index in [1.54, 1.807) is 31.2 Å². The van der Waals surface area contributed by atoms with Crippen LogP contribution in [0.1, 0.15) is 52.0 Å². The average Bonchev–Trinajstić information content (AvgIpc) is 2.89. The summed E-state index contributed by atoms with van der Waals surface area (Å²) in [7, 11) is 0. The van der Waals surface area contributed by atoms with Gasteiger partial charge < -0.3 is 33.7 Å². The van der Waals surface area contributed by atoms with E-state index in [4.69, 9.17) is 34.0 Å². The minimum atomic E-state index is -1.11. The van der Waals surface area contributed by atoms with Gasteiger partial charge in [0, 0.05) is 33.1 Å². The van der Waals surface area contributed by atoms with Gasteiger partial charge in [0.25, 0.3) is 0 Å². The highest BCUT2D eigenvalue weighted by molar-refractivity contribution is 6.25. The predicted octanol–water partition coefficient (Wildman–Crippen LogP) is 1.88. The maximum Gasteiger partial charge on any atom is 0.408 e. The summed E-state index contributed by atoms with van der Waals surface area (Å²) < 4.78 is 32.2. The van der Waals surface area contributed by atoms with Crippen molar-refractivity contribution in [2.24, 2.45) is 0 Å². The highest BCUT2D eigenvalue weighted by atomic mass is 16.7. The molecule has 4 atom stereocenters. The molecule has 1 aliphatic heterocycles. The zero-order valence-electron chi connectivity index (χ0n) is 22.6. The average molecular weight is 565 g/mol. The number of nitrogens with one attached hydrogen (secondary N) is 2. The Morgan fingerprint density at radius 2 is 1.80 bits per heavy atom.